The van der Waals surface area contributed by atoms with Crippen LogP contribution >= 0.6 is 0 Å². The first kappa shape index (κ1) is 26.3. The second kappa shape index (κ2) is 12.4. The van der Waals surface area contributed by atoms with Gasteiger partial charge in [0.25, 0.3) is 0 Å². The molecular formula is C27H33F3N4O. The van der Waals surface area contributed by atoms with Crippen molar-refractivity contribution in [1.82, 2.24) is 9.97 Å². The summed E-state index contributed by atoms with van der Waals surface area (Å²) >= 11 is 0. The molecule has 5 nitrogen and oxygen atoms in total. The van der Waals surface area contributed by atoms with Crippen molar-refractivity contribution in [2.45, 2.75) is 71.6 Å². The van der Waals surface area contributed by atoms with Gasteiger partial charge in [-0.3, -0.25) is 0 Å². The third kappa shape index (κ3) is 8.16. The van der Waals surface area contributed by atoms with Crippen molar-refractivity contribution < 1.29 is 17.9 Å². The van der Waals surface area contributed by atoms with E-state index in [2.05, 4.69) is 27.5 Å². The highest BCUT2D eigenvalue weighted by atomic mass is 19.4. The van der Waals surface area contributed by atoms with Gasteiger partial charge in [0.2, 0.25) is 5.95 Å². The molecule has 0 aliphatic heterocycles. The summed E-state index contributed by atoms with van der Waals surface area (Å²) in [5, 5.41) is 5.79. The molecule has 1 heterocycles. The van der Waals surface area contributed by atoms with Crippen LogP contribution in [-0.4, -0.2) is 16.1 Å². The van der Waals surface area contributed by atoms with Crippen LogP contribution in [0.5, 0.6) is 5.75 Å². The van der Waals surface area contributed by atoms with Crippen LogP contribution in [0, 0.1) is 0 Å². The van der Waals surface area contributed by atoms with E-state index in [1.54, 1.807) is 24.3 Å². The number of nitrogens with one attached hydrogen (secondary N) is 2. The van der Waals surface area contributed by atoms with Crippen molar-refractivity contribution in [2.24, 2.45) is 0 Å². The van der Waals surface area contributed by atoms with Gasteiger partial charge in [-0.15, -0.1) is 0 Å². The largest absolute Gasteiger partial charge is 0.491 e. The Kier molecular flexibility index (Phi) is 9.34. The number of ether oxygens (including phenoxy) is 1. The van der Waals surface area contributed by atoms with E-state index in [4.69, 9.17) is 4.74 Å². The molecule has 0 aliphatic rings. The zero-order chi connectivity index (χ0) is 25.3. The Morgan fingerprint density at radius 2 is 1.71 bits per heavy atom. The van der Waals surface area contributed by atoms with E-state index in [9.17, 15) is 13.2 Å². The fourth-order valence-corrected chi connectivity index (χ4v) is 3.48. The zero-order valence-electron chi connectivity index (χ0n) is 20.5. The number of hydrogen-bond acceptors (Lipinski definition) is 5. The first-order valence-electron chi connectivity index (χ1n) is 12.1. The van der Waals surface area contributed by atoms with E-state index in [0.29, 0.717) is 17.1 Å². The summed E-state index contributed by atoms with van der Waals surface area (Å²) in [6.45, 7) is 6.12. The van der Waals surface area contributed by atoms with Crippen LogP contribution in [0.4, 0.5) is 36.3 Å². The smallest absolute Gasteiger partial charge is 0.421 e. The molecule has 188 valence electrons. The summed E-state index contributed by atoms with van der Waals surface area (Å²) in [4.78, 5) is 8.03. The molecule has 0 spiro atoms. The number of hydrogen-bond donors (Lipinski definition) is 2. The number of halogens is 3. The van der Waals surface area contributed by atoms with Crippen molar-refractivity contribution in [1.29, 1.82) is 0 Å². The zero-order valence-corrected chi connectivity index (χ0v) is 20.5. The van der Waals surface area contributed by atoms with Gasteiger partial charge in [0, 0.05) is 23.6 Å². The van der Waals surface area contributed by atoms with Crippen molar-refractivity contribution in [2.75, 3.05) is 10.6 Å². The summed E-state index contributed by atoms with van der Waals surface area (Å²) in [7, 11) is 0. The lowest BCUT2D eigenvalue weighted by molar-refractivity contribution is -0.137. The molecule has 8 heteroatoms. The highest BCUT2D eigenvalue weighted by molar-refractivity contribution is 5.64. The van der Waals surface area contributed by atoms with Crippen molar-refractivity contribution in [3.63, 3.8) is 0 Å². The standard InChI is InChI=1S/C27H33F3N4O/c1-4-6-7-8-10-20-13-15-21(16-14-20)33-26-31-18-24(27(28,29)30)25(34-26)32-22-11-9-12-23(17-22)35-19(3)5-2/h9,11-19H,4-8,10H2,1-3H3,(H2,31,32,33,34). The van der Waals surface area contributed by atoms with Crippen molar-refractivity contribution >= 4 is 23.1 Å². The lowest BCUT2D eigenvalue weighted by Crippen LogP contribution is -2.13. The lowest BCUT2D eigenvalue weighted by Gasteiger charge is -2.16. The molecular weight excluding hydrogens is 453 g/mol. The number of benzene rings is 2. The number of nitrogens with zero attached hydrogens (tertiary/aromatic N) is 2. The first-order chi connectivity index (χ1) is 16.8. The molecule has 1 atom stereocenters. The molecule has 0 aliphatic carbocycles. The van der Waals surface area contributed by atoms with Gasteiger partial charge < -0.3 is 15.4 Å². The fraction of sp³-hybridized carbons (Fsp3) is 0.407. The lowest BCUT2D eigenvalue weighted by atomic mass is 10.1. The maximum Gasteiger partial charge on any atom is 0.421 e. The fourth-order valence-electron chi connectivity index (χ4n) is 3.48. The molecule has 1 aromatic heterocycles. The Labute approximate surface area is 205 Å². The highest BCUT2D eigenvalue weighted by Gasteiger charge is 2.35. The van der Waals surface area contributed by atoms with Gasteiger partial charge in [-0.1, -0.05) is 51.3 Å². The minimum Gasteiger partial charge on any atom is -0.491 e. The number of alkyl halides is 3. The van der Waals surface area contributed by atoms with Gasteiger partial charge in [-0.05, 0) is 56.0 Å². The van der Waals surface area contributed by atoms with Gasteiger partial charge in [0.15, 0.2) is 0 Å². The average Bonchev–Trinajstić information content (AvgIpc) is 2.82. The second-order valence-electron chi connectivity index (χ2n) is 8.58. The average molecular weight is 487 g/mol. The van der Waals surface area contributed by atoms with Crippen molar-refractivity contribution in [3.05, 3.63) is 65.9 Å². The normalized spacial score (nSPS) is 12.3. The Hall–Kier alpha value is -3.29. The van der Waals surface area contributed by atoms with Gasteiger partial charge in [-0.25, -0.2) is 4.98 Å². The van der Waals surface area contributed by atoms with E-state index >= 15 is 0 Å². The van der Waals surface area contributed by atoms with Gasteiger partial charge in [0.1, 0.15) is 17.1 Å². The van der Waals surface area contributed by atoms with Gasteiger partial charge >= 0.3 is 6.18 Å². The Bertz CT molecular complexity index is 1070. The van der Waals surface area contributed by atoms with Crippen LogP contribution in [0.15, 0.2) is 54.7 Å². The second-order valence-corrected chi connectivity index (χ2v) is 8.58. The number of anilines is 4. The van der Waals surface area contributed by atoms with Crippen LogP contribution < -0.4 is 15.4 Å². The molecule has 2 aromatic carbocycles. The molecule has 0 bridgehead atoms. The van der Waals surface area contributed by atoms with Gasteiger partial charge in [-0.2, -0.15) is 18.2 Å². The minimum atomic E-state index is -4.61. The highest BCUT2D eigenvalue weighted by Crippen LogP contribution is 2.36. The third-order valence-corrected chi connectivity index (χ3v) is 5.63. The van der Waals surface area contributed by atoms with E-state index < -0.39 is 11.7 Å². The molecule has 1 unspecified atom stereocenters. The first-order valence-corrected chi connectivity index (χ1v) is 12.1. The predicted molar refractivity (Wildman–Crippen MR) is 135 cm³/mol. The Morgan fingerprint density at radius 3 is 2.40 bits per heavy atom. The third-order valence-electron chi connectivity index (χ3n) is 5.63. The SMILES string of the molecule is CCCCCCc1ccc(Nc2ncc(C(F)(F)F)c(Nc3cccc(OC(C)CC)c3)n2)cc1. The number of aromatic nitrogens is 2. The molecule has 0 fully saturated rings. The number of rotatable bonds is 12. The summed E-state index contributed by atoms with van der Waals surface area (Å²) in [6.07, 6.45) is 2.78. The Balaban J connectivity index is 1.76. The quantitative estimate of drug-likeness (QED) is 0.252. The Morgan fingerprint density at radius 1 is 0.943 bits per heavy atom. The maximum atomic E-state index is 13.6. The monoisotopic (exact) mass is 486 g/mol. The van der Waals surface area contributed by atoms with E-state index in [1.807, 2.05) is 38.1 Å². The number of unbranched alkanes of at least 4 members (excludes halogenated alkanes) is 3. The molecule has 0 radical (unpaired) electrons. The maximum absolute atomic E-state index is 13.6. The summed E-state index contributed by atoms with van der Waals surface area (Å²) in [6, 6.07) is 14.6. The topological polar surface area (TPSA) is 59.1 Å². The molecule has 0 saturated heterocycles. The van der Waals surface area contributed by atoms with Crippen LogP contribution in [0.2, 0.25) is 0 Å². The molecule has 35 heavy (non-hydrogen) atoms. The van der Waals surface area contributed by atoms with Gasteiger partial charge in [0.05, 0.1) is 6.10 Å². The predicted octanol–water partition coefficient (Wildman–Crippen LogP) is 8.28. The minimum absolute atomic E-state index is 0.00596. The molecule has 2 N–H and O–H groups in total. The molecule has 3 aromatic rings. The van der Waals surface area contributed by atoms with E-state index in [0.717, 1.165) is 25.5 Å². The molecule has 3 rings (SSSR count). The number of aryl methyl sites for hydroxylation is 1. The summed E-state index contributed by atoms with van der Waals surface area (Å²) < 4.78 is 46.7. The van der Waals surface area contributed by atoms with Crippen LogP contribution in [0.3, 0.4) is 0 Å². The van der Waals surface area contributed by atoms with E-state index in [-0.39, 0.29) is 17.9 Å². The van der Waals surface area contributed by atoms with Crippen LogP contribution in [-0.2, 0) is 12.6 Å². The summed E-state index contributed by atoms with van der Waals surface area (Å²) in [5.41, 5.74) is 1.42. The van der Waals surface area contributed by atoms with E-state index in [1.165, 1.54) is 24.8 Å². The van der Waals surface area contributed by atoms with Crippen LogP contribution in [0.1, 0.15) is 64.0 Å². The summed E-state index contributed by atoms with van der Waals surface area (Å²) in [5.74, 6) is 0.312. The molecule has 0 amide bonds. The molecule has 0 saturated carbocycles. The van der Waals surface area contributed by atoms with Crippen LogP contribution in [0.25, 0.3) is 0 Å². The van der Waals surface area contributed by atoms with Crippen molar-refractivity contribution in [3.8, 4) is 5.75 Å².